The fourth-order valence-corrected chi connectivity index (χ4v) is 1.66. The Morgan fingerprint density at radius 1 is 1.14 bits per heavy atom. The van der Waals surface area contributed by atoms with Crippen molar-refractivity contribution in [3.63, 3.8) is 0 Å². The summed E-state index contributed by atoms with van der Waals surface area (Å²) < 4.78 is 0. The maximum Gasteiger partial charge on any atom is 0.294 e. The zero-order chi connectivity index (χ0) is 16.3. The van der Waals surface area contributed by atoms with Crippen LogP contribution in [0.15, 0.2) is 33.5 Å². The number of carbonyl (C=O) groups excluding carboxylic acids is 1. The van der Waals surface area contributed by atoms with Gasteiger partial charge in [0.1, 0.15) is 5.69 Å². The van der Waals surface area contributed by atoms with Crippen LogP contribution in [0.25, 0.3) is 0 Å². The van der Waals surface area contributed by atoms with Crippen molar-refractivity contribution < 1.29 is 4.79 Å². The van der Waals surface area contributed by atoms with Gasteiger partial charge in [-0.25, -0.2) is 5.53 Å². The van der Waals surface area contributed by atoms with Crippen LogP contribution in [0, 0.1) is 5.53 Å². The average Bonchev–Trinajstić information content (AvgIpc) is 2.47. The number of nitrogen functional groups attached to an aromatic ring is 3. The van der Waals surface area contributed by atoms with Crippen molar-refractivity contribution in [2.45, 2.75) is 0 Å². The molecule has 10 nitrogen and oxygen atoms in total. The van der Waals surface area contributed by atoms with Crippen LogP contribution in [0.4, 0.5) is 29.0 Å². The van der Waals surface area contributed by atoms with E-state index in [9.17, 15) is 4.79 Å². The fourth-order valence-electron chi connectivity index (χ4n) is 1.50. The molecule has 0 unspecified atom stereocenters. The Morgan fingerprint density at radius 3 is 2.36 bits per heavy atom. The lowest BCUT2D eigenvalue weighted by Gasteiger charge is -2.03. The molecular formula is C11H10ClN9O. The number of aromatic nitrogens is 2. The van der Waals surface area contributed by atoms with Crippen molar-refractivity contribution in [1.82, 2.24) is 9.97 Å². The van der Waals surface area contributed by atoms with Gasteiger partial charge in [-0.1, -0.05) is 11.6 Å². The summed E-state index contributed by atoms with van der Waals surface area (Å²) in [6.07, 6.45) is 0. The molecule has 22 heavy (non-hydrogen) atoms. The lowest BCUT2D eigenvalue weighted by molar-refractivity contribution is 0.0991. The molecule has 0 saturated heterocycles. The molecule has 7 N–H and O–H groups in total. The normalized spacial score (nSPS) is 10.8. The summed E-state index contributed by atoms with van der Waals surface area (Å²) in [5, 5.41) is 10.7. The molecule has 0 spiro atoms. The maximum absolute atomic E-state index is 11.4. The minimum absolute atomic E-state index is 0.0344. The average molecular weight is 320 g/mol. The minimum Gasteiger partial charge on any atom is -0.382 e. The van der Waals surface area contributed by atoms with Crippen LogP contribution in [0.1, 0.15) is 10.4 Å². The van der Waals surface area contributed by atoms with Gasteiger partial charge in [0, 0.05) is 5.56 Å². The van der Waals surface area contributed by atoms with E-state index in [2.05, 4.69) is 25.3 Å². The van der Waals surface area contributed by atoms with Crippen LogP contribution < -0.4 is 17.2 Å². The Kier molecular flexibility index (Phi) is 4.23. The molecule has 0 aliphatic carbocycles. The summed E-state index contributed by atoms with van der Waals surface area (Å²) in [5.74, 6) is -0.906. The number of nitrogens with zero attached hydrogens (tertiary/aromatic N) is 5. The van der Waals surface area contributed by atoms with Gasteiger partial charge in [-0.3, -0.25) is 4.79 Å². The number of benzene rings is 1. The van der Waals surface area contributed by atoms with Crippen LogP contribution >= 0.6 is 11.6 Å². The van der Waals surface area contributed by atoms with E-state index in [1.165, 1.54) is 18.2 Å². The van der Waals surface area contributed by atoms with Gasteiger partial charge in [-0.2, -0.15) is 9.97 Å². The molecule has 0 aliphatic rings. The molecule has 0 bridgehead atoms. The number of azo groups is 1. The molecule has 0 aliphatic heterocycles. The second-order valence-electron chi connectivity index (χ2n) is 3.98. The molecule has 2 rings (SSSR count). The molecular weight excluding hydrogens is 310 g/mol. The van der Waals surface area contributed by atoms with Gasteiger partial charge in [0.05, 0.1) is 5.02 Å². The molecule has 1 aromatic heterocycles. The van der Waals surface area contributed by atoms with E-state index in [0.29, 0.717) is 0 Å². The van der Waals surface area contributed by atoms with E-state index in [-0.39, 0.29) is 39.5 Å². The Labute approximate surface area is 128 Å². The number of carbonyl (C=O) groups is 1. The second kappa shape index (κ2) is 6.10. The number of nitrogens with two attached hydrogens (primary N) is 3. The van der Waals surface area contributed by atoms with E-state index in [1.54, 1.807) is 0 Å². The van der Waals surface area contributed by atoms with Gasteiger partial charge in [-0.15, -0.1) is 15.3 Å². The second-order valence-corrected chi connectivity index (χ2v) is 4.39. The topological polar surface area (TPSA) is 182 Å². The predicted molar refractivity (Wildman–Crippen MR) is 80.4 cm³/mol. The van der Waals surface area contributed by atoms with Crippen LogP contribution in [-0.2, 0) is 0 Å². The summed E-state index contributed by atoms with van der Waals surface area (Å²) in [6, 6.07) is 4.17. The minimum atomic E-state index is -0.733. The lowest BCUT2D eigenvalue weighted by atomic mass is 10.2. The molecule has 0 fully saturated rings. The first-order valence-electron chi connectivity index (χ1n) is 5.74. The third-order valence-corrected chi connectivity index (χ3v) is 2.83. The Bertz CT molecular complexity index is 766. The van der Waals surface area contributed by atoms with Crippen molar-refractivity contribution in [3.05, 3.63) is 28.8 Å². The van der Waals surface area contributed by atoms with Crippen molar-refractivity contribution in [1.29, 1.82) is 5.53 Å². The third kappa shape index (κ3) is 3.12. The Morgan fingerprint density at radius 2 is 1.77 bits per heavy atom. The quantitative estimate of drug-likeness (QED) is 0.629. The summed E-state index contributed by atoms with van der Waals surface area (Å²) in [7, 11) is 0. The molecule has 1 heterocycles. The number of rotatable bonds is 3. The molecule has 0 saturated carbocycles. The molecule has 2 aromatic rings. The van der Waals surface area contributed by atoms with Crippen molar-refractivity contribution in [2.24, 2.45) is 15.3 Å². The molecule has 1 amide bonds. The van der Waals surface area contributed by atoms with Crippen molar-refractivity contribution in [2.75, 3.05) is 17.2 Å². The van der Waals surface area contributed by atoms with E-state index in [4.69, 9.17) is 34.3 Å². The van der Waals surface area contributed by atoms with Gasteiger partial charge >= 0.3 is 0 Å². The highest BCUT2D eigenvalue weighted by Gasteiger charge is 2.10. The molecule has 11 heteroatoms. The van der Waals surface area contributed by atoms with E-state index >= 15 is 0 Å². The first-order chi connectivity index (χ1) is 10.4. The van der Waals surface area contributed by atoms with E-state index in [1.807, 2.05) is 0 Å². The fraction of sp³-hybridized carbons (Fsp3) is 0. The summed E-state index contributed by atoms with van der Waals surface area (Å²) in [4.78, 5) is 18.8. The van der Waals surface area contributed by atoms with E-state index < -0.39 is 5.91 Å². The van der Waals surface area contributed by atoms with Crippen LogP contribution in [0.5, 0.6) is 0 Å². The number of amides is 1. The number of hydrogen-bond acceptors (Lipinski definition) is 9. The van der Waals surface area contributed by atoms with Crippen LogP contribution in [0.2, 0.25) is 5.02 Å². The Hall–Kier alpha value is -3.14. The Balaban J connectivity index is 2.42. The van der Waals surface area contributed by atoms with Gasteiger partial charge in [0.2, 0.25) is 5.95 Å². The zero-order valence-corrected chi connectivity index (χ0v) is 11.7. The highest BCUT2D eigenvalue weighted by atomic mass is 35.5. The maximum atomic E-state index is 11.4. The van der Waals surface area contributed by atoms with Gasteiger partial charge in [-0.05, 0) is 18.2 Å². The standard InChI is InChI=1S/C11H10ClN9O/c12-5-2-1-4(10(22)19-16)3-6(5)20-21-7-8(13)17-11(15)18-9(7)14/h1-3,16H,(H6,13,14,15,17,18). The first kappa shape index (κ1) is 15.3. The largest absolute Gasteiger partial charge is 0.382 e. The zero-order valence-electron chi connectivity index (χ0n) is 11.0. The first-order valence-corrected chi connectivity index (χ1v) is 6.11. The highest BCUT2D eigenvalue weighted by molar-refractivity contribution is 6.33. The predicted octanol–water partition coefficient (Wildman–Crippen LogP) is 2.46. The number of nitrogens with one attached hydrogen (secondary N) is 1. The summed E-state index contributed by atoms with van der Waals surface area (Å²) in [6.45, 7) is 0. The van der Waals surface area contributed by atoms with Gasteiger partial charge in [0.15, 0.2) is 17.3 Å². The lowest BCUT2D eigenvalue weighted by Crippen LogP contribution is -2.03. The number of halogens is 1. The molecule has 112 valence electrons. The van der Waals surface area contributed by atoms with Crippen LogP contribution in [-0.4, -0.2) is 15.9 Å². The number of hydrogen-bond donors (Lipinski definition) is 4. The van der Waals surface area contributed by atoms with Crippen LogP contribution in [0.3, 0.4) is 0 Å². The summed E-state index contributed by atoms with van der Waals surface area (Å²) >= 11 is 5.96. The van der Waals surface area contributed by atoms with Crippen molar-refractivity contribution in [3.8, 4) is 0 Å². The molecule has 0 radical (unpaired) electrons. The monoisotopic (exact) mass is 319 g/mol. The van der Waals surface area contributed by atoms with Gasteiger partial charge < -0.3 is 17.2 Å². The van der Waals surface area contributed by atoms with E-state index in [0.717, 1.165) is 0 Å². The van der Waals surface area contributed by atoms with Crippen molar-refractivity contribution >= 4 is 46.5 Å². The molecule has 0 atom stereocenters. The molecule has 1 aromatic carbocycles. The third-order valence-electron chi connectivity index (χ3n) is 2.51. The summed E-state index contributed by atoms with van der Waals surface area (Å²) in [5.41, 5.74) is 23.7. The highest BCUT2D eigenvalue weighted by Crippen LogP contribution is 2.32. The number of anilines is 3. The van der Waals surface area contributed by atoms with Gasteiger partial charge in [0.25, 0.3) is 5.91 Å². The smallest absolute Gasteiger partial charge is 0.294 e. The SMILES string of the molecule is N=NC(=O)c1ccc(Cl)c(N=Nc2c(N)nc(N)nc2N)c1.